The number of halogens is 1. The van der Waals surface area contributed by atoms with Crippen molar-refractivity contribution in [3.05, 3.63) is 49.0 Å². The fourth-order valence-electron chi connectivity index (χ4n) is 2.84. The largest absolute Gasteiger partial charge is 0.466 e. The van der Waals surface area contributed by atoms with Crippen molar-refractivity contribution in [3.63, 3.8) is 0 Å². The van der Waals surface area contributed by atoms with Crippen molar-refractivity contribution in [1.82, 2.24) is 14.4 Å². The quantitative estimate of drug-likeness (QED) is 0.414. The van der Waals surface area contributed by atoms with Gasteiger partial charge in [0.15, 0.2) is 0 Å². The number of nitrogens with zero attached hydrogens (tertiary/aromatic N) is 3. The Kier molecular flexibility index (Phi) is 4.64. The molecule has 0 aliphatic heterocycles. The van der Waals surface area contributed by atoms with Gasteiger partial charge in [-0.05, 0) is 19.9 Å². The second kappa shape index (κ2) is 6.75. The number of aryl methyl sites for hydroxylation is 2. The highest BCUT2D eigenvalue weighted by Crippen LogP contribution is 2.29. The molecule has 0 aliphatic rings. The Labute approximate surface area is 151 Å². The van der Waals surface area contributed by atoms with Crippen LogP contribution < -0.4 is 5.56 Å². The van der Waals surface area contributed by atoms with E-state index in [0.717, 1.165) is 0 Å². The summed E-state index contributed by atoms with van der Waals surface area (Å²) in [4.78, 5) is 41.2. The van der Waals surface area contributed by atoms with Crippen molar-refractivity contribution < 1.29 is 14.5 Å². The summed E-state index contributed by atoms with van der Waals surface area (Å²) >= 11 is 6.01. The molecule has 1 N–H and O–H groups in total. The molecule has 0 aliphatic carbocycles. The molecule has 0 amide bonds. The molecular weight excluding hydrogens is 364 g/mol. The monoisotopic (exact) mass is 378 g/mol. The number of esters is 1. The predicted octanol–water partition coefficient (Wildman–Crippen LogP) is 2.54. The second-order valence-corrected chi connectivity index (χ2v) is 6.05. The zero-order valence-corrected chi connectivity index (χ0v) is 14.8. The molecule has 0 bridgehead atoms. The zero-order valence-electron chi connectivity index (χ0n) is 14.0. The van der Waals surface area contributed by atoms with Crippen LogP contribution in [0.1, 0.15) is 24.7 Å². The molecule has 26 heavy (non-hydrogen) atoms. The minimum Gasteiger partial charge on any atom is -0.466 e. The van der Waals surface area contributed by atoms with Gasteiger partial charge in [0, 0.05) is 18.2 Å². The van der Waals surface area contributed by atoms with Crippen LogP contribution in [0.2, 0.25) is 5.02 Å². The number of nitro groups is 1. The van der Waals surface area contributed by atoms with Gasteiger partial charge >= 0.3 is 5.97 Å². The topological polar surface area (TPSA) is 120 Å². The maximum absolute atomic E-state index is 12.3. The summed E-state index contributed by atoms with van der Waals surface area (Å²) in [6.45, 7) is 3.78. The molecule has 0 atom stereocenters. The van der Waals surface area contributed by atoms with Crippen molar-refractivity contribution >= 4 is 39.9 Å². The molecular formula is C16H15ClN4O5. The van der Waals surface area contributed by atoms with Crippen LogP contribution in [0.4, 0.5) is 5.69 Å². The summed E-state index contributed by atoms with van der Waals surface area (Å²) in [5.41, 5.74) is 1.35. The van der Waals surface area contributed by atoms with E-state index >= 15 is 0 Å². The molecule has 0 saturated heterocycles. The van der Waals surface area contributed by atoms with Crippen LogP contribution >= 0.6 is 11.6 Å². The molecule has 136 valence electrons. The number of nitrogens with one attached hydrogen (secondary N) is 1. The van der Waals surface area contributed by atoms with Crippen LogP contribution in [0, 0.1) is 17.0 Å². The minimum atomic E-state index is -0.615. The van der Waals surface area contributed by atoms with Crippen molar-refractivity contribution in [3.8, 4) is 0 Å². The van der Waals surface area contributed by atoms with Crippen LogP contribution in [0.5, 0.6) is 0 Å². The fourth-order valence-corrected chi connectivity index (χ4v) is 3.07. The predicted molar refractivity (Wildman–Crippen MR) is 94.7 cm³/mol. The molecule has 3 aromatic rings. The third-order valence-corrected chi connectivity index (χ3v) is 4.33. The van der Waals surface area contributed by atoms with Gasteiger partial charge in [-0.1, -0.05) is 11.6 Å². The van der Waals surface area contributed by atoms with Crippen LogP contribution in [0.3, 0.4) is 0 Å². The highest BCUT2D eigenvalue weighted by Gasteiger charge is 2.19. The standard InChI is InChI=1S/C16H15ClN4O5/c1-3-26-14(22)5-4-10-8(2)20-13-6-9(17)12(21(24)25)7-11(13)19-16(23)15(20)18-10/h6-7H,3-5H2,1-2H3,(H,19,23). The lowest BCUT2D eigenvalue weighted by Crippen LogP contribution is -2.11. The van der Waals surface area contributed by atoms with E-state index in [0.29, 0.717) is 29.9 Å². The lowest BCUT2D eigenvalue weighted by atomic mass is 10.2. The average Bonchev–Trinajstić information content (AvgIpc) is 2.91. The van der Waals surface area contributed by atoms with Gasteiger partial charge < -0.3 is 9.72 Å². The number of aromatic nitrogens is 3. The summed E-state index contributed by atoms with van der Waals surface area (Å²) in [7, 11) is 0. The minimum absolute atomic E-state index is 0.0444. The molecule has 2 heterocycles. The number of aromatic amines is 1. The van der Waals surface area contributed by atoms with Crippen molar-refractivity contribution in [2.75, 3.05) is 6.61 Å². The molecule has 0 unspecified atom stereocenters. The number of fused-ring (bicyclic) bond motifs is 3. The van der Waals surface area contributed by atoms with E-state index in [4.69, 9.17) is 16.3 Å². The molecule has 1 aromatic carbocycles. The first-order chi connectivity index (χ1) is 12.3. The van der Waals surface area contributed by atoms with Crippen molar-refractivity contribution in [2.24, 2.45) is 0 Å². The number of nitro benzene ring substituents is 1. The van der Waals surface area contributed by atoms with Gasteiger partial charge in [0.05, 0.1) is 34.7 Å². The number of rotatable bonds is 5. The maximum atomic E-state index is 12.3. The average molecular weight is 379 g/mol. The van der Waals surface area contributed by atoms with Crippen molar-refractivity contribution in [2.45, 2.75) is 26.7 Å². The maximum Gasteiger partial charge on any atom is 0.306 e. The van der Waals surface area contributed by atoms with Crippen molar-refractivity contribution in [1.29, 1.82) is 0 Å². The Hall–Kier alpha value is -2.94. The van der Waals surface area contributed by atoms with E-state index in [2.05, 4.69) is 9.97 Å². The first-order valence-corrected chi connectivity index (χ1v) is 8.24. The molecule has 2 aromatic heterocycles. The van der Waals surface area contributed by atoms with Gasteiger partial charge in [0.2, 0.25) is 5.65 Å². The molecule has 3 rings (SSSR count). The Balaban J connectivity index is 2.17. The highest BCUT2D eigenvalue weighted by atomic mass is 35.5. The van der Waals surface area contributed by atoms with E-state index in [1.54, 1.807) is 18.2 Å². The molecule has 0 spiro atoms. The van der Waals surface area contributed by atoms with Gasteiger partial charge in [-0.25, -0.2) is 4.98 Å². The van der Waals surface area contributed by atoms with E-state index in [9.17, 15) is 19.7 Å². The number of H-pyrrole nitrogens is 1. The Morgan fingerprint density at radius 2 is 2.19 bits per heavy atom. The summed E-state index contributed by atoms with van der Waals surface area (Å²) in [6, 6.07) is 2.64. The number of hydrogen-bond acceptors (Lipinski definition) is 6. The summed E-state index contributed by atoms with van der Waals surface area (Å²) < 4.78 is 6.49. The number of ether oxygens (including phenoxy) is 1. The summed E-state index contributed by atoms with van der Waals surface area (Å²) in [5.74, 6) is -0.346. The third-order valence-electron chi connectivity index (χ3n) is 4.03. The van der Waals surface area contributed by atoms with Gasteiger partial charge in [-0.2, -0.15) is 0 Å². The Bertz CT molecular complexity index is 1100. The fraction of sp³-hybridized carbons (Fsp3) is 0.312. The number of carbonyl (C=O) groups is 1. The van der Waals surface area contributed by atoms with Gasteiger partial charge in [-0.3, -0.25) is 24.1 Å². The van der Waals surface area contributed by atoms with Gasteiger partial charge in [0.25, 0.3) is 11.2 Å². The Morgan fingerprint density at radius 1 is 1.46 bits per heavy atom. The molecule has 9 nitrogen and oxygen atoms in total. The summed E-state index contributed by atoms with van der Waals surface area (Å²) in [5, 5.41) is 11.0. The van der Waals surface area contributed by atoms with Crippen LogP contribution in [0.25, 0.3) is 16.7 Å². The first-order valence-electron chi connectivity index (χ1n) is 7.87. The van der Waals surface area contributed by atoms with E-state index in [1.807, 2.05) is 0 Å². The molecule has 0 fully saturated rings. The SMILES string of the molecule is CCOC(=O)CCc1nc2c(=O)[nH]c3cc([N+](=O)[O-])c(Cl)cc3n2c1C. The first kappa shape index (κ1) is 17.9. The van der Waals surface area contributed by atoms with E-state index in [1.165, 1.54) is 12.1 Å². The van der Waals surface area contributed by atoms with Crippen LogP contribution in [-0.4, -0.2) is 31.9 Å². The lowest BCUT2D eigenvalue weighted by Gasteiger charge is -2.05. The third kappa shape index (κ3) is 3.01. The number of benzene rings is 1. The van der Waals surface area contributed by atoms with Gasteiger partial charge in [0.1, 0.15) is 5.02 Å². The van der Waals surface area contributed by atoms with Gasteiger partial charge in [-0.15, -0.1) is 0 Å². The van der Waals surface area contributed by atoms with E-state index in [-0.39, 0.29) is 34.3 Å². The Morgan fingerprint density at radius 3 is 2.85 bits per heavy atom. The second-order valence-electron chi connectivity index (χ2n) is 5.64. The number of imidazole rings is 1. The molecule has 0 radical (unpaired) electrons. The van der Waals surface area contributed by atoms with Crippen LogP contribution in [0.15, 0.2) is 16.9 Å². The van der Waals surface area contributed by atoms with Crippen LogP contribution in [-0.2, 0) is 16.0 Å². The molecule has 10 heteroatoms. The number of hydrogen-bond donors (Lipinski definition) is 1. The zero-order chi connectivity index (χ0) is 19.0. The van der Waals surface area contributed by atoms with E-state index < -0.39 is 10.5 Å². The normalized spacial score (nSPS) is 11.2. The number of carbonyl (C=O) groups excluding carboxylic acids is 1. The smallest absolute Gasteiger partial charge is 0.306 e. The highest BCUT2D eigenvalue weighted by molar-refractivity contribution is 6.33. The molecule has 0 saturated carbocycles. The summed E-state index contributed by atoms with van der Waals surface area (Å²) in [6.07, 6.45) is 0.453. The lowest BCUT2D eigenvalue weighted by molar-refractivity contribution is -0.384.